The van der Waals surface area contributed by atoms with Crippen LogP contribution >= 0.6 is 0 Å². The van der Waals surface area contributed by atoms with Gasteiger partial charge < -0.3 is 63.2 Å². The van der Waals surface area contributed by atoms with E-state index < -0.39 is 0 Å². The predicted octanol–water partition coefficient (Wildman–Crippen LogP) is 3.62. The molecule has 0 aromatic heterocycles. The van der Waals surface area contributed by atoms with Gasteiger partial charge in [0.1, 0.15) is 0 Å². The summed E-state index contributed by atoms with van der Waals surface area (Å²) in [5.74, 6) is 2.37. The van der Waals surface area contributed by atoms with E-state index in [9.17, 15) is 0 Å². The molecule has 0 unspecified atom stereocenters. The maximum Gasteiger partial charge on any atom is 3.00 e. The van der Waals surface area contributed by atoms with Crippen LogP contribution in [0.4, 0.5) is 11.4 Å². The molecule has 0 aliphatic heterocycles. The van der Waals surface area contributed by atoms with Gasteiger partial charge in [-0.3, -0.25) is 0 Å². The molecule has 0 aliphatic rings. The van der Waals surface area contributed by atoms with Crippen molar-refractivity contribution in [3.63, 3.8) is 0 Å². The number of rotatable bonds is 8. The molecule has 6 heteroatoms. The third-order valence-electron chi connectivity index (χ3n) is 6.45. The second-order valence-corrected chi connectivity index (χ2v) is 11.3. The van der Waals surface area contributed by atoms with Crippen molar-refractivity contribution in [2.45, 2.75) is 119 Å². The van der Waals surface area contributed by atoms with Crippen molar-refractivity contribution in [1.29, 1.82) is 0 Å². The number of hydrogen-bond acceptors (Lipinski definition) is 1. The predicted molar refractivity (Wildman–Crippen MR) is 157 cm³/mol. The Morgan fingerprint density at radius 3 is 1.22 bits per heavy atom. The summed E-state index contributed by atoms with van der Waals surface area (Å²) in [6.07, 6.45) is 0. The normalized spacial score (nSPS) is 11.7. The number of para-hydroxylation sites is 2. The summed E-state index contributed by atoms with van der Waals surface area (Å²) in [6, 6.07) is 13.8. The van der Waals surface area contributed by atoms with Gasteiger partial charge in [0, 0.05) is 5.96 Å². The molecule has 0 N–H and O–H groups in total. The fraction of sp³-hybridized carbons (Fsp3) is 0.581. The average Bonchev–Trinajstić information content (AvgIpc) is 2.72. The summed E-state index contributed by atoms with van der Waals surface area (Å²) >= 11 is 0. The summed E-state index contributed by atoms with van der Waals surface area (Å²) < 4.78 is 0. The first-order valence-corrected chi connectivity index (χ1v) is 13.2. The van der Waals surface area contributed by atoms with Gasteiger partial charge >= 0.3 is 17.4 Å². The van der Waals surface area contributed by atoms with Crippen LogP contribution in [0.1, 0.15) is 129 Å². The Labute approximate surface area is 273 Å². The number of hydrogen-bond donors (Lipinski definition) is 0. The molecule has 2 aromatic rings. The van der Waals surface area contributed by atoms with E-state index in [-0.39, 0.29) is 77.4 Å². The molecular formula is C31H48AlI2N3. The summed E-state index contributed by atoms with van der Waals surface area (Å²) in [5, 5.41) is 5.42. The van der Waals surface area contributed by atoms with Crippen LogP contribution in [0.5, 0.6) is 0 Å². The van der Waals surface area contributed by atoms with Gasteiger partial charge in [-0.2, -0.15) is 0 Å². The fourth-order valence-corrected chi connectivity index (χ4v) is 4.68. The summed E-state index contributed by atoms with van der Waals surface area (Å²) in [6.45, 7) is 27.0. The van der Waals surface area contributed by atoms with Crippen LogP contribution in [-0.4, -0.2) is 40.3 Å². The van der Waals surface area contributed by atoms with Crippen molar-refractivity contribution in [3.05, 3.63) is 64.0 Å². The SMILES string of the molecule is CC(C)c1cccc(C(C)C)c1N=C([N-]c1c(C(C)C)cccc1C(C)C)N(C(C)C)C(C)C.[Al+3].[I-].[I-]. The molecule has 2 rings (SSSR count). The third-order valence-corrected chi connectivity index (χ3v) is 6.45. The van der Waals surface area contributed by atoms with Crippen molar-refractivity contribution < 1.29 is 48.0 Å². The molecule has 0 radical (unpaired) electrons. The van der Waals surface area contributed by atoms with Crippen LogP contribution < -0.4 is 48.0 Å². The van der Waals surface area contributed by atoms with Crippen molar-refractivity contribution in [3.8, 4) is 0 Å². The first kappa shape index (κ1) is 38.8. The van der Waals surface area contributed by atoms with Crippen molar-refractivity contribution in [1.82, 2.24) is 4.90 Å². The second kappa shape index (κ2) is 17.4. The Morgan fingerprint density at radius 1 is 0.595 bits per heavy atom. The van der Waals surface area contributed by atoms with E-state index in [4.69, 9.17) is 10.3 Å². The van der Waals surface area contributed by atoms with Crippen molar-refractivity contribution in [2.75, 3.05) is 0 Å². The summed E-state index contributed by atoms with van der Waals surface area (Å²) in [7, 11) is 0. The van der Waals surface area contributed by atoms with E-state index in [1.54, 1.807) is 0 Å². The number of benzene rings is 2. The zero-order valence-electron chi connectivity index (χ0n) is 25.1. The Balaban J connectivity index is 0. The molecule has 0 saturated heterocycles. The second-order valence-electron chi connectivity index (χ2n) is 11.3. The molecule has 0 saturated carbocycles. The van der Waals surface area contributed by atoms with E-state index in [0.29, 0.717) is 23.7 Å². The third kappa shape index (κ3) is 9.99. The number of nitrogens with zero attached hydrogens (tertiary/aromatic N) is 3. The van der Waals surface area contributed by atoms with E-state index in [1.807, 2.05) is 0 Å². The van der Waals surface area contributed by atoms with E-state index in [0.717, 1.165) is 17.3 Å². The minimum absolute atomic E-state index is 0. The molecule has 2 aromatic carbocycles. The van der Waals surface area contributed by atoms with Gasteiger partial charge in [-0.25, -0.2) is 0 Å². The van der Waals surface area contributed by atoms with Gasteiger partial charge in [-0.15, -0.1) is 0 Å². The molecule has 3 nitrogen and oxygen atoms in total. The van der Waals surface area contributed by atoms with Crippen LogP contribution in [-0.2, 0) is 0 Å². The quantitative estimate of drug-likeness (QED) is 0.176. The van der Waals surface area contributed by atoms with Crippen LogP contribution in [0.2, 0.25) is 0 Å². The van der Waals surface area contributed by atoms with Gasteiger partial charge in [0.25, 0.3) is 0 Å². The fourth-order valence-electron chi connectivity index (χ4n) is 4.68. The molecular weight excluding hydrogens is 695 g/mol. The van der Waals surface area contributed by atoms with Crippen molar-refractivity contribution >= 4 is 34.7 Å². The van der Waals surface area contributed by atoms with Gasteiger partial charge in [0.15, 0.2) is 0 Å². The number of aliphatic imine (C=N–C) groups is 1. The Hall–Kier alpha value is -0.298. The molecule has 37 heavy (non-hydrogen) atoms. The molecule has 0 bridgehead atoms. The monoisotopic (exact) mass is 743 g/mol. The maximum absolute atomic E-state index is 5.42. The largest absolute Gasteiger partial charge is 3.00 e. The van der Waals surface area contributed by atoms with E-state index >= 15 is 0 Å². The standard InChI is InChI=1S/C31H48N3.Al.2HI/c1-19(2)25-15-13-16-26(20(3)4)29(25)32-31(34(23(9)10)24(11)12)33-30-27(21(5)6)17-14-18-28(30)22(7)8;;;/h13-24H,1-12H3;;2*1H/q-1;+3;;/p-2. The Morgan fingerprint density at radius 2 is 0.919 bits per heavy atom. The maximum atomic E-state index is 5.42. The Bertz CT molecular complexity index is 922. The Kier molecular flexibility index (Phi) is 18.3. The molecule has 0 spiro atoms. The minimum Gasteiger partial charge on any atom is -1.00 e. The topological polar surface area (TPSA) is 29.7 Å². The van der Waals surface area contributed by atoms with Crippen LogP contribution in [0.15, 0.2) is 41.4 Å². The molecule has 0 aliphatic carbocycles. The smallest absolute Gasteiger partial charge is 1.00 e. The zero-order valence-corrected chi connectivity index (χ0v) is 30.6. The zero-order chi connectivity index (χ0) is 25.7. The van der Waals surface area contributed by atoms with Gasteiger partial charge in [0.05, 0.1) is 0 Å². The first-order chi connectivity index (χ1) is 15.9. The molecule has 0 heterocycles. The summed E-state index contributed by atoms with van der Waals surface area (Å²) in [4.78, 5) is 7.78. The van der Waals surface area contributed by atoms with Gasteiger partial charge in [-0.1, -0.05) is 119 Å². The van der Waals surface area contributed by atoms with Crippen LogP contribution in [0.25, 0.3) is 5.32 Å². The number of halogens is 2. The molecule has 204 valence electrons. The number of guanidine groups is 1. The van der Waals surface area contributed by atoms with Crippen LogP contribution in [0.3, 0.4) is 0 Å². The average molecular weight is 744 g/mol. The molecule has 0 amide bonds. The van der Waals surface area contributed by atoms with E-state index in [2.05, 4.69) is 124 Å². The van der Waals surface area contributed by atoms with E-state index in [1.165, 1.54) is 22.3 Å². The van der Waals surface area contributed by atoms with Gasteiger partial charge in [-0.05, 0) is 69.4 Å². The molecule has 0 atom stereocenters. The van der Waals surface area contributed by atoms with Crippen LogP contribution in [0, 0.1) is 0 Å². The summed E-state index contributed by atoms with van der Waals surface area (Å²) in [5.41, 5.74) is 7.32. The minimum atomic E-state index is 0. The molecule has 0 fully saturated rings. The van der Waals surface area contributed by atoms with Crippen molar-refractivity contribution in [2.24, 2.45) is 4.99 Å². The first-order valence-electron chi connectivity index (χ1n) is 13.2. The van der Waals surface area contributed by atoms with Gasteiger partial charge in [0.2, 0.25) is 0 Å².